The van der Waals surface area contributed by atoms with Gasteiger partial charge in [0.2, 0.25) is 0 Å². The Morgan fingerprint density at radius 1 is 1.00 bits per heavy atom. The Balaban J connectivity index is 2.77. The van der Waals surface area contributed by atoms with Crippen molar-refractivity contribution in [3.63, 3.8) is 0 Å². The number of benzene rings is 1. The average molecular weight is 263 g/mol. The lowest BCUT2D eigenvalue weighted by Crippen LogP contribution is -2.42. The zero-order chi connectivity index (χ0) is 14.6. The third-order valence-corrected chi connectivity index (χ3v) is 4.44. The van der Waals surface area contributed by atoms with Crippen LogP contribution in [0.2, 0.25) is 0 Å². The van der Waals surface area contributed by atoms with Crippen molar-refractivity contribution in [1.82, 2.24) is 4.90 Å². The van der Waals surface area contributed by atoms with Crippen molar-refractivity contribution < 1.29 is 5.11 Å². The van der Waals surface area contributed by atoms with Gasteiger partial charge >= 0.3 is 0 Å². The highest BCUT2D eigenvalue weighted by molar-refractivity contribution is 5.25. The molecule has 19 heavy (non-hydrogen) atoms. The molecule has 3 unspecified atom stereocenters. The lowest BCUT2D eigenvalue weighted by molar-refractivity contribution is 0.0419. The lowest BCUT2D eigenvalue weighted by atomic mass is 9.97. The first-order valence-electron chi connectivity index (χ1n) is 7.37. The van der Waals surface area contributed by atoms with Crippen LogP contribution in [0.5, 0.6) is 0 Å². The minimum absolute atomic E-state index is 0.116. The molecule has 0 bridgehead atoms. The summed E-state index contributed by atoms with van der Waals surface area (Å²) in [6.45, 7) is 10.9. The molecular formula is C17H29NO. The third-order valence-electron chi connectivity index (χ3n) is 4.44. The SMILES string of the molecule is CCc1ccc(C(O)C(C)N(C)C(C)C(C)C)cc1. The van der Waals surface area contributed by atoms with E-state index in [9.17, 15) is 5.11 Å². The van der Waals surface area contributed by atoms with Crippen LogP contribution >= 0.6 is 0 Å². The maximum atomic E-state index is 10.5. The Morgan fingerprint density at radius 2 is 1.53 bits per heavy atom. The molecule has 0 saturated carbocycles. The van der Waals surface area contributed by atoms with Crippen LogP contribution in [0.15, 0.2) is 24.3 Å². The monoisotopic (exact) mass is 263 g/mol. The molecule has 2 nitrogen and oxygen atoms in total. The molecule has 3 atom stereocenters. The predicted octanol–water partition coefficient (Wildman–Crippen LogP) is 3.65. The molecule has 0 radical (unpaired) electrons. The van der Waals surface area contributed by atoms with Crippen molar-refractivity contribution in [1.29, 1.82) is 0 Å². The maximum absolute atomic E-state index is 10.5. The highest BCUT2D eigenvalue weighted by Crippen LogP contribution is 2.23. The minimum atomic E-state index is -0.433. The predicted molar refractivity (Wildman–Crippen MR) is 82.3 cm³/mol. The molecule has 108 valence electrons. The molecule has 1 N–H and O–H groups in total. The van der Waals surface area contributed by atoms with E-state index in [0.717, 1.165) is 12.0 Å². The van der Waals surface area contributed by atoms with Gasteiger partial charge < -0.3 is 5.11 Å². The molecule has 0 heterocycles. The van der Waals surface area contributed by atoms with Crippen LogP contribution in [-0.4, -0.2) is 29.1 Å². The average Bonchev–Trinajstić information content (AvgIpc) is 2.44. The van der Waals surface area contributed by atoms with Crippen LogP contribution in [0.25, 0.3) is 0 Å². The molecule has 0 saturated heterocycles. The summed E-state index contributed by atoms with van der Waals surface area (Å²) in [5.74, 6) is 0.585. The Morgan fingerprint density at radius 3 is 1.95 bits per heavy atom. The highest BCUT2D eigenvalue weighted by Gasteiger charge is 2.25. The second kappa shape index (κ2) is 7.06. The maximum Gasteiger partial charge on any atom is 0.0942 e. The normalized spacial score (nSPS) is 16.7. The third kappa shape index (κ3) is 4.05. The van der Waals surface area contributed by atoms with Crippen molar-refractivity contribution in [3.05, 3.63) is 35.4 Å². The number of aliphatic hydroxyl groups excluding tert-OH is 1. The van der Waals surface area contributed by atoms with E-state index >= 15 is 0 Å². The molecule has 0 spiro atoms. The largest absolute Gasteiger partial charge is 0.387 e. The molecule has 2 heteroatoms. The van der Waals surface area contributed by atoms with Gasteiger partial charge in [-0.1, -0.05) is 45.0 Å². The van der Waals surface area contributed by atoms with Crippen LogP contribution in [0.4, 0.5) is 0 Å². The van der Waals surface area contributed by atoms with Gasteiger partial charge in [-0.3, -0.25) is 4.90 Å². The van der Waals surface area contributed by atoms with Gasteiger partial charge in [0.15, 0.2) is 0 Å². The van der Waals surface area contributed by atoms with Crippen molar-refractivity contribution in [2.24, 2.45) is 5.92 Å². The number of hydrogen-bond acceptors (Lipinski definition) is 2. The van der Waals surface area contributed by atoms with Gasteiger partial charge in [-0.25, -0.2) is 0 Å². The first kappa shape index (κ1) is 16.2. The van der Waals surface area contributed by atoms with Crippen molar-refractivity contribution >= 4 is 0 Å². The number of aryl methyl sites for hydroxylation is 1. The minimum Gasteiger partial charge on any atom is -0.387 e. The smallest absolute Gasteiger partial charge is 0.0942 e. The van der Waals surface area contributed by atoms with Crippen LogP contribution < -0.4 is 0 Å². The fraction of sp³-hybridized carbons (Fsp3) is 0.647. The molecule has 1 aromatic rings. The Bertz CT molecular complexity index is 371. The van der Waals surface area contributed by atoms with E-state index < -0.39 is 6.10 Å². The zero-order valence-corrected chi connectivity index (χ0v) is 13.2. The van der Waals surface area contributed by atoms with Gasteiger partial charge in [0.1, 0.15) is 0 Å². The van der Waals surface area contributed by atoms with E-state index in [0.29, 0.717) is 12.0 Å². The number of rotatable bonds is 6. The van der Waals surface area contributed by atoms with E-state index in [4.69, 9.17) is 0 Å². The Kier molecular flexibility index (Phi) is 6.02. The van der Waals surface area contributed by atoms with Crippen molar-refractivity contribution in [3.8, 4) is 0 Å². The van der Waals surface area contributed by atoms with E-state index in [1.165, 1.54) is 5.56 Å². The Hall–Kier alpha value is -0.860. The van der Waals surface area contributed by atoms with Gasteiger partial charge in [-0.05, 0) is 44.4 Å². The van der Waals surface area contributed by atoms with E-state index in [1.807, 2.05) is 12.1 Å². The first-order valence-corrected chi connectivity index (χ1v) is 7.37. The summed E-state index contributed by atoms with van der Waals surface area (Å²) in [6.07, 6.45) is 0.605. The topological polar surface area (TPSA) is 23.5 Å². The van der Waals surface area contributed by atoms with Gasteiger partial charge in [-0.2, -0.15) is 0 Å². The number of likely N-dealkylation sites (N-methyl/N-ethyl adjacent to an activating group) is 1. The summed E-state index contributed by atoms with van der Waals surface area (Å²) >= 11 is 0. The number of nitrogens with zero attached hydrogens (tertiary/aromatic N) is 1. The molecule has 1 aromatic carbocycles. The molecule has 0 aliphatic heterocycles. The van der Waals surface area contributed by atoms with Crippen molar-refractivity contribution in [2.75, 3.05) is 7.05 Å². The van der Waals surface area contributed by atoms with Gasteiger partial charge in [-0.15, -0.1) is 0 Å². The second-order valence-electron chi connectivity index (χ2n) is 5.93. The Labute approximate surface area is 118 Å². The molecule has 1 rings (SSSR count). The van der Waals surface area contributed by atoms with Crippen LogP contribution in [-0.2, 0) is 6.42 Å². The molecule has 0 aliphatic carbocycles. The summed E-state index contributed by atoms with van der Waals surface area (Å²) in [5.41, 5.74) is 2.32. The molecule has 0 aromatic heterocycles. The van der Waals surface area contributed by atoms with E-state index in [2.05, 4.69) is 58.7 Å². The van der Waals surface area contributed by atoms with Crippen LogP contribution in [0.1, 0.15) is 51.8 Å². The molecule has 0 fully saturated rings. The summed E-state index contributed by atoms with van der Waals surface area (Å²) in [6, 6.07) is 8.89. The summed E-state index contributed by atoms with van der Waals surface area (Å²) in [7, 11) is 2.10. The lowest BCUT2D eigenvalue weighted by Gasteiger charge is -2.36. The van der Waals surface area contributed by atoms with Gasteiger partial charge in [0.05, 0.1) is 6.10 Å². The molecule has 0 aliphatic rings. The van der Waals surface area contributed by atoms with E-state index in [1.54, 1.807) is 0 Å². The molecule has 0 amide bonds. The van der Waals surface area contributed by atoms with Crippen molar-refractivity contribution in [2.45, 2.75) is 59.2 Å². The number of hydrogen-bond donors (Lipinski definition) is 1. The first-order chi connectivity index (χ1) is 8.88. The van der Waals surface area contributed by atoms with Crippen LogP contribution in [0.3, 0.4) is 0 Å². The highest BCUT2D eigenvalue weighted by atomic mass is 16.3. The second-order valence-corrected chi connectivity index (χ2v) is 5.93. The number of aliphatic hydroxyl groups is 1. The fourth-order valence-corrected chi connectivity index (χ4v) is 2.29. The zero-order valence-electron chi connectivity index (χ0n) is 13.2. The van der Waals surface area contributed by atoms with Crippen LogP contribution in [0, 0.1) is 5.92 Å². The molecular weight excluding hydrogens is 234 g/mol. The fourth-order valence-electron chi connectivity index (χ4n) is 2.29. The summed E-state index contributed by atoms with van der Waals surface area (Å²) < 4.78 is 0. The van der Waals surface area contributed by atoms with Gasteiger partial charge in [0, 0.05) is 12.1 Å². The quantitative estimate of drug-likeness (QED) is 0.847. The standard InChI is InChI=1S/C17H29NO/c1-7-15-8-10-16(11-9-15)17(19)14(5)18(6)13(4)12(2)3/h8-14,17,19H,7H2,1-6H3. The summed E-state index contributed by atoms with van der Waals surface area (Å²) in [4.78, 5) is 2.27. The van der Waals surface area contributed by atoms with Gasteiger partial charge in [0.25, 0.3) is 0 Å². The summed E-state index contributed by atoms with van der Waals surface area (Å²) in [5, 5.41) is 10.5. The van der Waals surface area contributed by atoms with E-state index in [-0.39, 0.29) is 6.04 Å².